The van der Waals surface area contributed by atoms with Crippen molar-refractivity contribution in [2.24, 2.45) is 0 Å². The lowest BCUT2D eigenvalue weighted by Crippen LogP contribution is -2.33. The molecule has 156 valence electrons. The Balaban J connectivity index is 1.86. The molecule has 3 aromatic carbocycles. The van der Waals surface area contributed by atoms with Crippen molar-refractivity contribution in [1.29, 1.82) is 0 Å². The van der Waals surface area contributed by atoms with Crippen molar-refractivity contribution in [3.63, 3.8) is 0 Å². The van der Waals surface area contributed by atoms with Gasteiger partial charge in [0.05, 0.1) is 11.4 Å². The first-order valence-electron chi connectivity index (χ1n) is 9.97. The molecule has 5 nitrogen and oxygen atoms in total. The number of carboxylic acids is 1. The summed E-state index contributed by atoms with van der Waals surface area (Å²) in [5, 5.41) is 12.4. The fourth-order valence-corrected chi connectivity index (χ4v) is 3.74. The van der Waals surface area contributed by atoms with Crippen molar-refractivity contribution >= 4 is 16.9 Å². The normalized spacial score (nSPS) is 11.9. The Morgan fingerprint density at radius 2 is 1.65 bits per heavy atom. The Kier molecular flexibility index (Phi) is 5.58. The van der Waals surface area contributed by atoms with Gasteiger partial charge in [-0.25, -0.2) is 4.79 Å². The number of aliphatic carboxylic acids is 1. The van der Waals surface area contributed by atoms with E-state index in [4.69, 9.17) is 9.15 Å². The third-order valence-electron chi connectivity index (χ3n) is 5.27. The van der Waals surface area contributed by atoms with Gasteiger partial charge in [-0.15, -0.1) is 0 Å². The van der Waals surface area contributed by atoms with Gasteiger partial charge in [-0.3, -0.25) is 0 Å². The maximum Gasteiger partial charge on any atom is 0.340 e. The zero-order valence-electron chi connectivity index (χ0n) is 17.3. The highest BCUT2D eigenvalue weighted by molar-refractivity contribution is 5.89. The van der Waals surface area contributed by atoms with Crippen LogP contribution in [0.15, 0.2) is 82.0 Å². The summed E-state index contributed by atoms with van der Waals surface area (Å²) >= 11 is 0. The Morgan fingerprint density at radius 1 is 1.00 bits per heavy atom. The molecule has 0 fully saturated rings. The van der Waals surface area contributed by atoms with Gasteiger partial charge in [0, 0.05) is 12.0 Å². The standard InChI is InChI=1S/C26H22O5/c1-16-13-21(30-24(25(27)28)19-11-7-4-8-12-19)23-17(2)20(26(29)31-22(23)14-16)15-18-9-5-3-6-10-18/h3-14,24H,15H2,1-2H3,(H,27,28)/p-1/t24-/m0/s1. The van der Waals surface area contributed by atoms with E-state index in [2.05, 4.69) is 0 Å². The second-order valence-corrected chi connectivity index (χ2v) is 7.52. The molecule has 0 aliphatic carbocycles. The summed E-state index contributed by atoms with van der Waals surface area (Å²) in [6.45, 7) is 3.66. The number of benzene rings is 3. The van der Waals surface area contributed by atoms with E-state index in [9.17, 15) is 14.7 Å². The number of fused-ring (bicyclic) bond motifs is 1. The minimum atomic E-state index is -1.35. The third kappa shape index (κ3) is 4.21. The van der Waals surface area contributed by atoms with Gasteiger partial charge in [0.25, 0.3) is 0 Å². The molecular weight excluding hydrogens is 392 g/mol. The van der Waals surface area contributed by atoms with Crippen LogP contribution in [0.4, 0.5) is 0 Å². The number of rotatable bonds is 6. The van der Waals surface area contributed by atoms with Crippen LogP contribution in [0, 0.1) is 13.8 Å². The molecule has 0 radical (unpaired) electrons. The summed E-state index contributed by atoms with van der Waals surface area (Å²) in [5.41, 5.74) is 3.39. The molecule has 4 rings (SSSR count). The predicted molar refractivity (Wildman–Crippen MR) is 116 cm³/mol. The van der Waals surface area contributed by atoms with Crippen molar-refractivity contribution in [3.8, 4) is 5.75 Å². The van der Waals surface area contributed by atoms with Gasteiger partial charge in [0.15, 0.2) is 6.10 Å². The number of hydrogen-bond acceptors (Lipinski definition) is 5. The molecule has 0 saturated heterocycles. The molecule has 0 aliphatic heterocycles. The van der Waals surface area contributed by atoms with Crippen molar-refractivity contribution in [3.05, 3.63) is 111 Å². The number of ether oxygens (including phenoxy) is 1. The number of hydrogen-bond donors (Lipinski definition) is 0. The summed E-state index contributed by atoms with van der Waals surface area (Å²) in [4.78, 5) is 24.6. The first-order valence-corrected chi connectivity index (χ1v) is 9.97. The van der Waals surface area contributed by atoms with Crippen molar-refractivity contribution in [2.75, 3.05) is 0 Å². The van der Waals surface area contributed by atoms with Crippen molar-refractivity contribution < 1.29 is 19.1 Å². The van der Waals surface area contributed by atoms with Gasteiger partial charge < -0.3 is 19.1 Å². The number of carbonyl (C=O) groups excluding carboxylic acids is 1. The summed E-state index contributed by atoms with van der Waals surface area (Å²) in [6, 6.07) is 21.7. The topological polar surface area (TPSA) is 79.6 Å². The van der Waals surface area contributed by atoms with Crippen LogP contribution in [-0.2, 0) is 11.2 Å². The van der Waals surface area contributed by atoms with Gasteiger partial charge >= 0.3 is 5.63 Å². The molecule has 4 aromatic rings. The molecule has 0 aliphatic rings. The van der Waals surface area contributed by atoms with Crippen molar-refractivity contribution in [1.82, 2.24) is 0 Å². The second kappa shape index (κ2) is 8.48. The molecule has 0 N–H and O–H groups in total. The Hall–Kier alpha value is -3.86. The molecule has 0 amide bonds. The molecular formula is C26H21O5-. The van der Waals surface area contributed by atoms with Crippen LogP contribution in [-0.4, -0.2) is 5.97 Å². The monoisotopic (exact) mass is 413 g/mol. The summed E-state index contributed by atoms with van der Waals surface area (Å²) < 4.78 is 11.6. The maximum atomic E-state index is 12.7. The molecule has 5 heteroatoms. The molecule has 0 spiro atoms. The van der Waals surface area contributed by atoms with E-state index in [0.29, 0.717) is 39.8 Å². The minimum absolute atomic E-state index is 0.337. The average molecular weight is 413 g/mol. The second-order valence-electron chi connectivity index (χ2n) is 7.52. The van der Waals surface area contributed by atoms with E-state index in [-0.39, 0.29) is 0 Å². The first kappa shape index (κ1) is 20.4. The first-order chi connectivity index (χ1) is 14.9. The largest absolute Gasteiger partial charge is 0.546 e. The molecule has 1 heterocycles. The number of carbonyl (C=O) groups is 1. The zero-order chi connectivity index (χ0) is 22.0. The van der Waals surface area contributed by atoms with E-state index in [1.54, 1.807) is 42.5 Å². The van der Waals surface area contributed by atoms with Crippen LogP contribution in [0.25, 0.3) is 11.0 Å². The van der Waals surface area contributed by atoms with Crippen LogP contribution in [0.3, 0.4) is 0 Å². The average Bonchev–Trinajstić information content (AvgIpc) is 2.75. The van der Waals surface area contributed by atoms with Crippen molar-refractivity contribution in [2.45, 2.75) is 26.4 Å². The lowest BCUT2D eigenvalue weighted by Gasteiger charge is -2.22. The maximum absolute atomic E-state index is 12.7. The quantitative estimate of drug-likeness (QED) is 0.448. The molecule has 31 heavy (non-hydrogen) atoms. The molecule has 0 bridgehead atoms. The van der Waals surface area contributed by atoms with Crippen LogP contribution >= 0.6 is 0 Å². The summed E-state index contributed by atoms with van der Waals surface area (Å²) in [7, 11) is 0. The van der Waals surface area contributed by atoms with Crippen LogP contribution in [0.5, 0.6) is 5.75 Å². The van der Waals surface area contributed by atoms with Crippen LogP contribution in [0.2, 0.25) is 0 Å². The third-order valence-corrected chi connectivity index (χ3v) is 5.27. The Morgan fingerprint density at radius 3 is 2.29 bits per heavy atom. The molecule has 1 aromatic heterocycles. The van der Waals surface area contributed by atoms with Gasteiger partial charge in [-0.2, -0.15) is 0 Å². The highest BCUT2D eigenvalue weighted by atomic mass is 16.5. The lowest BCUT2D eigenvalue weighted by atomic mass is 9.98. The van der Waals surface area contributed by atoms with Crippen LogP contribution in [0.1, 0.15) is 33.9 Å². The van der Waals surface area contributed by atoms with E-state index in [0.717, 1.165) is 11.1 Å². The van der Waals surface area contributed by atoms with Crippen LogP contribution < -0.4 is 15.5 Å². The smallest absolute Gasteiger partial charge is 0.340 e. The lowest BCUT2D eigenvalue weighted by molar-refractivity contribution is -0.314. The highest BCUT2D eigenvalue weighted by Gasteiger charge is 2.20. The van der Waals surface area contributed by atoms with Gasteiger partial charge in [-0.1, -0.05) is 60.7 Å². The van der Waals surface area contributed by atoms with Gasteiger partial charge in [0.1, 0.15) is 11.3 Å². The SMILES string of the molecule is Cc1cc(O[C@H](C(=O)[O-])c2ccccc2)c2c(C)c(Cc3ccccc3)c(=O)oc2c1. The predicted octanol–water partition coefficient (Wildman–Crippen LogP) is 3.87. The van der Waals surface area contributed by atoms with E-state index in [1.807, 2.05) is 44.2 Å². The van der Waals surface area contributed by atoms with Gasteiger partial charge in [0.2, 0.25) is 0 Å². The minimum Gasteiger partial charge on any atom is -0.546 e. The van der Waals surface area contributed by atoms with Gasteiger partial charge in [-0.05, 0) is 48.2 Å². The number of aryl methyl sites for hydroxylation is 2. The van der Waals surface area contributed by atoms with E-state index < -0.39 is 17.7 Å². The molecule has 0 saturated carbocycles. The van der Waals surface area contributed by atoms with E-state index >= 15 is 0 Å². The highest BCUT2D eigenvalue weighted by Crippen LogP contribution is 2.34. The fraction of sp³-hybridized carbons (Fsp3) is 0.154. The Labute approximate surface area is 179 Å². The number of carboxylic acid groups (broad SMARTS) is 1. The Bertz CT molecular complexity index is 1290. The molecule has 1 atom stereocenters. The van der Waals surface area contributed by atoms with E-state index in [1.165, 1.54) is 0 Å². The fourth-order valence-electron chi connectivity index (χ4n) is 3.74. The summed E-state index contributed by atoms with van der Waals surface area (Å²) in [6.07, 6.45) is -0.893. The zero-order valence-corrected chi connectivity index (χ0v) is 17.3. The molecule has 0 unspecified atom stereocenters. The summed E-state index contributed by atoms with van der Waals surface area (Å²) in [5.74, 6) is -1.01.